The van der Waals surface area contributed by atoms with Gasteiger partial charge in [-0.2, -0.15) is 0 Å². The van der Waals surface area contributed by atoms with Gasteiger partial charge in [-0.25, -0.2) is 13.4 Å². The number of anilines is 2. The molecule has 20 heavy (non-hydrogen) atoms. The first-order valence-electron chi connectivity index (χ1n) is 6.16. The Labute approximate surface area is 119 Å². The van der Waals surface area contributed by atoms with Crippen LogP contribution in [0.3, 0.4) is 0 Å². The highest BCUT2D eigenvalue weighted by molar-refractivity contribution is 7.92. The Balaban J connectivity index is 1.95. The van der Waals surface area contributed by atoms with Gasteiger partial charge in [-0.1, -0.05) is 29.8 Å². The zero-order valence-electron chi connectivity index (χ0n) is 11.4. The molecule has 0 amide bonds. The summed E-state index contributed by atoms with van der Waals surface area (Å²) >= 11 is 0. The normalized spacial score (nSPS) is 11.1. The third-order valence-corrected chi connectivity index (χ3v) is 3.27. The molecule has 0 aliphatic heterocycles. The van der Waals surface area contributed by atoms with Crippen molar-refractivity contribution in [1.29, 1.82) is 0 Å². The number of pyridine rings is 1. The van der Waals surface area contributed by atoms with E-state index >= 15 is 0 Å². The minimum Gasteiger partial charge on any atom is -0.366 e. The molecule has 0 aliphatic carbocycles. The smallest absolute Gasteiger partial charge is 0.229 e. The molecular weight excluding hydrogens is 274 g/mol. The van der Waals surface area contributed by atoms with Crippen molar-refractivity contribution < 1.29 is 8.42 Å². The lowest BCUT2D eigenvalue weighted by Gasteiger charge is -2.07. The van der Waals surface area contributed by atoms with Gasteiger partial charge in [-0.15, -0.1) is 0 Å². The zero-order chi connectivity index (χ0) is 14.6. The third-order valence-electron chi connectivity index (χ3n) is 2.66. The van der Waals surface area contributed by atoms with E-state index in [1.807, 2.05) is 6.92 Å². The first-order chi connectivity index (χ1) is 9.42. The van der Waals surface area contributed by atoms with Gasteiger partial charge in [0, 0.05) is 6.54 Å². The standard InChI is InChI=1S/C14H17N3O2S/c1-11-3-5-12(6-4-11)9-15-14-8-7-13(10-16-14)17-20(2,18)19/h3-8,10,17H,9H2,1-2H3,(H,15,16). The Morgan fingerprint density at radius 2 is 1.80 bits per heavy atom. The number of rotatable bonds is 5. The van der Waals surface area contributed by atoms with E-state index in [1.54, 1.807) is 12.1 Å². The second-order valence-electron chi connectivity index (χ2n) is 4.65. The van der Waals surface area contributed by atoms with Gasteiger partial charge in [0.2, 0.25) is 10.0 Å². The monoisotopic (exact) mass is 291 g/mol. The van der Waals surface area contributed by atoms with Crippen molar-refractivity contribution in [3.8, 4) is 0 Å². The lowest BCUT2D eigenvalue weighted by molar-refractivity contribution is 0.607. The fourth-order valence-electron chi connectivity index (χ4n) is 1.67. The van der Waals surface area contributed by atoms with Crippen LogP contribution < -0.4 is 10.0 Å². The summed E-state index contributed by atoms with van der Waals surface area (Å²) in [6.07, 6.45) is 2.59. The zero-order valence-corrected chi connectivity index (χ0v) is 12.2. The number of aryl methyl sites for hydroxylation is 1. The number of benzene rings is 1. The quantitative estimate of drug-likeness (QED) is 0.887. The number of nitrogens with zero attached hydrogens (tertiary/aromatic N) is 1. The Kier molecular flexibility index (Phi) is 4.24. The first kappa shape index (κ1) is 14.3. The van der Waals surface area contributed by atoms with Gasteiger partial charge in [0.05, 0.1) is 18.1 Å². The van der Waals surface area contributed by atoms with Gasteiger partial charge in [0.15, 0.2) is 0 Å². The van der Waals surface area contributed by atoms with Crippen LogP contribution >= 0.6 is 0 Å². The molecule has 6 heteroatoms. The highest BCUT2D eigenvalue weighted by atomic mass is 32.2. The molecule has 1 aromatic carbocycles. The molecule has 0 radical (unpaired) electrons. The SMILES string of the molecule is Cc1ccc(CNc2ccc(NS(C)(=O)=O)cn2)cc1. The van der Waals surface area contributed by atoms with Crippen LogP contribution in [-0.2, 0) is 16.6 Å². The number of hydrogen-bond acceptors (Lipinski definition) is 4. The Morgan fingerprint density at radius 1 is 1.10 bits per heavy atom. The van der Waals surface area contributed by atoms with E-state index < -0.39 is 10.0 Å². The number of hydrogen-bond donors (Lipinski definition) is 2. The Hall–Kier alpha value is -2.08. The summed E-state index contributed by atoms with van der Waals surface area (Å²) in [6.45, 7) is 2.72. The van der Waals surface area contributed by atoms with Crippen LogP contribution in [0.15, 0.2) is 42.6 Å². The molecule has 0 unspecified atom stereocenters. The molecule has 0 atom stereocenters. The van der Waals surface area contributed by atoms with Gasteiger partial charge in [0.1, 0.15) is 5.82 Å². The summed E-state index contributed by atoms with van der Waals surface area (Å²) in [7, 11) is -3.26. The van der Waals surface area contributed by atoms with Crippen molar-refractivity contribution in [1.82, 2.24) is 4.98 Å². The molecule has 2 aromatic rings. The highest BCUT2D eigenvalue weighted by Crippen LogP contribution is 2.12. The molecule has 0 aliphatic rings. The predicted octanol–water partition coefficient (Wildman–Crippen LogP) is 2.37. The highest BCUT2D eigenvalue weighted by Gasteiger charge is 2.02. The van der Waals surface area contributed by atoms with Crippen molar-refractivity contribution in [2.45, 2.75) is 13.5 Å². The van der Waals surface area contributed by atoms with Crippen LogP contribution in [0.5, 0.6) is 0 Å². The molecule has 0 bridgehead atoms. The maximum Gasteiger partial charge on any atom is 0.229 e. The largest absolute Gasteiger partial charge is 0.366 e. The molecule has 0 saturated carbocycles. The van der Waals surface area contributed by atoms with E-state index in [2.05, 4.69) is 39.3 Å². The third kappa shape index (κ3) is 4.55. The van der Waals surface area contributed by atoms with Crippen LogP contribution in [0.25, 0.3) is 0 Å². The van der Waals surface area contributed by atoms with E-state index in [0.29, 0.717) is 18.1 Å². The van der Waals surface area contributed by atoms with Gasteiger partial charge < -0.3 is 5.32 Å². The summed E-state index contributed by atoms with van der Waals surface area (Å²) in [5.41, 5.74) is 2.84. The molecular formula is C14H17N3O2S. The average molecular weight is 291 g/mol. The van der Waals surface area contributed by atoms with E-state index in [0.717, 1.165) is 11.8 Å². The van der Waals surface area contributed by atoms with Crippen molar-refractivity contribution in [2.75, 3.05) is 16.3 Å². The van der Waals surface area contributed by atoms with Crippen LogP contribution in [0.2, 0.25) is 0 Å². The van der Waals surface area contributed by atoms with Crippen molar-refractivity contribution >= 4 is 21.5 Å². The molecule has 0 saturated heterocycles. The second kappa shape index (κ2) is 5.92. The van der Waals surface area contributed by atoms with Crippen molar-refractivity contribution in [2.24, 2.45) is 0 Å². The van der Waals surface area contributed by atoms with E-state index in [-0.39, 0.29) is 0 Å². The van der Waals surface area contributed by atoms with Crippen molar-refractivity contribution in [3.63, 3.8) is 0 Å². The number of nitrogens with one attached hydrogen (secondary N) is 2. The summed E-state index contributed by atoms with van der Waals surface area (Å²) < 4.78 is 24.5. The number of sulfonamides is 1. The average Bonchev–Trinajstić information content (AvgIpc) is 2.38. The Bertz CT molecular complexity index is 665. The fraction of sp³-hybridized carbons (Fsp3) is 0.214. The topological polar surface area (TPSA) is 71.1 Å². The maximum atomic E-state index is 11.1. The minimum absolute atomic E-state index is 0.452. The fourth-order valence-corrected chi connectivity index (χ4v) is 2.22. The van der Waals surface area contributed by atoms with Crippen LogP contribution in [-0.4, -0.2) is 19.7 Å². The van der Waals surface area contributed by atoms with Gasteiger partial charge >= 0.3 is 0 Å². The summed E-state index contributed by atoms with van der Waals surface area (Å²) in [4.78, 5) is 4.16. The Morgan fingerprint density at radius 3 is 2.35 bits per heavy atom. The molecule has 1 heterocycles. The van der Waals surface area contributed by atoms with E-state index in [4.69, 9.17) is 0 Å². The number of aromatic nitrogens is 1. The summed E-state index contributed by atoms with van der Waals surface area (Å²) in [5, 5.41) is 3.18. The molecule has 5 nitrogen and oxygen atoms in total. The first-order valence-corrected chi connectivity index (χ1v) is 8.05. The molecule has 1 aromatic heterocycles. The van der Waals surface area contributed by atoms with E-state index in [9.17, 15) is 8.42 Å². The lowest BCUT2D eigenvalue weighted by atomic mass is 10.1. The van der Waals surface area contributed by atoms with Gasteiger partial charge in [-0.3, -0.25) is 4.72 Å². The molecule has 0 spiro atoms. The molecule has 2 rings (SSSR count). The maximum absolute atomic E-state index is 11.1. The van der Waals surface area contributed by atoms with Crippen molar-refractivity contribution in [3.05, 3.63) is 53.7 Å². The molecule has 2 N–H and O–H groups in total. The molecule has 0 fully saturated rings. The predicted molar refractivity (Wildman–Crippen MR) is 81.2 cm³/mol. The summed E-state index contributed by atoms with van der Waals surface area (Å²) in [6, 6.07) is 11.6. The summed E-state index contributed by atoms with van der Waals surface area (Å²) in [5.74, 6) is 0.699. The lowest BCUT2D eigenvalue weighted by Crippen LogP contribution is -2.10. The van der Waals surface area contributed by atoms with Gasteiger partial charge in [-0.05, 0) is 24.6 Å². The van der Waals surface area contributed by atoms with Crippen LogP contribution in [0.1, 0.15) is 11.1 Å². The second-order valence-corrected chi connectivity index (χ2v) is 6.39. The molecule has 106 valence electrons. The van der Waals surface area contributed by atoms with Crippen LogP contribution in [0, 0.1) is 6.92 Å². The van der Waals surface area contributed by atoms with E-state index in [1.165, 1.54) is 11.8 Å². The minimum atomic E-state index is -3.26. The van der Waals surface area contributed by atoms with Gasteiger partial charge in [0.25, 0.3) is 0 Å². The van der Waals surface area contributed by atoms with Crippen LogP contribution in [0.4, 0.5) is 11.5 Å².